The van der Waals surface area contributed by atoms with E-state index in [0.29, 0.717) is 16.2 Å². The van der Waals surface area contributed by atoms with E-state index in [2.05, 4.69) is 25.9 Å². The molecule has 3 aromatic rings. The lowest BCUT2D eigenvalue weighted by Crippen LogP contribution is -2.16. The maximum atomic E-state index is 13.1. The van der Waals surface area contributed by atoms with Crippen LogP contribution in [0.2, 0.25) is 0 Å². The van der Waals surface area contributed by atoms with Crippen LogP contribution in [-0.4, -0.2) is 20.3 Å². The van der Waals surface area contributed by atoms with Crippen LogP contribution in [0, 0.1) is 0 Å². The van der Waals surface area contributed by atoms with Crippen LogP contribution in [0.25, 0.3) is 16.9 Å². The molecular weight excluding hydrogens is 377 g/mol. The Hall–Kier alpha value is -2.42. The van der Waals surface area contributed by atoms with E-state index >= 15 is 0 Å². The van der Waals surface area contributed by atoms with Gasteiger partial charge in [-0.2, -0.15) is 13.2 Å². The van der Waals surface area contributed by atoms with Crippen molar-refractivity contribution in [3.63, 3.8) is 0 Å². The second-order valence-electron chi connectivity index (χ2n) is 4.68. The van der Waals surface area contributed by atoms with E-state index in [-0.39, 0.29) is 17.0 Å². The van der Waals surface area contributed by atoms with E-state index < -0.39 is 17.8 Å². The predicted octanol–water partition coefficient (Wildman–Crippen LogP) is 3.28. The van der Waals surface area contributed by atoms with Gasteiger partial charge in [0.15, 0.2) is 5.65 Å². The Labute approximate surface area is 136 Å². The molecule has 0 aliphatic heterocycles. The highest BCUT2D eigenvalue weighted by Crippen LogP contribution is 2.32. The molecule has 118 valence electrons. The Balaban J connectivity index is 2.37. The summed E-state index contributed by atoms with van der Waals surface area (Å²) in [5.74, 6) is -0.926. The van der Waals surface area contributed by atoms with Crippen molar-refractivity contribution < 1.29 is 18.0 Å². The van der Waals surface area contributed by atoms with E-state index in [1.54, 1.807) is 24.3 Å². The number of amides is 1. The van der Waals surface area contributed by atoms with Gasteiger partial charge >= 0.3 is 6.18 Å². The molecule has 0 fully saturated rings. The second kappa shape index (κ2) is 5.34. The largest absolute Gasteiger partial charge is 0.433 e. The number of alkyl halides is 3. The predicted molar refractivity (Wildman–Crippen MR) is 79.6 cm³/mol. The zero-order valence-electron chi connectivity index (χ0n) is 11.3. The summed E-state index contributed by atoms with van der Waals surface area (Å²) in [7, 11) is 0. The van der Waals surface area contributed by atoms with Crippen molar-refractivity contribution in [3.05, 3.63) is 52.5 Å². The summed E-state index contributed by atoms with van der Waals surface area (Å²) in [6, 6.07) is 6.77. The second-order valence-corrected chi connectivity index (χ2v) is 5.60. The lowest BCUT2D eigenvalue weighted by Gasteiger charge is -2.09. The van der Waals surface area contributed by atoms with Crippen molar-refractivity contribution in [2.24, 2.45) is 5.73 Å². The minimum atomic E-state index is -4.62. The Morgan fingerprint density at radius 1 is 1.30 bits per heavy atom. The van der Waals surface area contributed by atoms with Crippen molar-refractivity contribution in [3.8, 4) is 11.3 Å². The van der Waals surface area contributed by atoms with Crippen LogP contribution in [0.5, 0.6) is 0 Å². The first-order valence-electron chi connectivity index (χ1n) is 6.28. The fourth-order valence-electron chi connectivity index (χ4n) is 2.15. The molecule has 23 heavy (non-hydrogen) atoms. The Bertz CT molecular complexity index is 920. The van der Waals surface area contributed by atoms with Crippen LogP contribution in [0.15, 0.2) is 41.1 Å². The van der Waals surface area contributed by atoms with E-state index in [4.69, 9.17) is 5.73 Å². The molecule has 0 radical (unpaired) electrons. The molecular formula is C14H8BrF3N4O. The lowest BCUT2D eigenvalue weighted by atomic mass is 10.1. The molecule has 2 N–H and O–H groups in total. The smallest absolute Gasteiger partial charge is 0.364 e. The van der Waals surface area contributed by atoms with Crippen molar-refractivity contribution >= 4 is 27.5 Å². The number of aromatic nitrogens is 3. The van der Waals surface area contributed by atoms with Crippen molar-refractivity contribution in [2.45, 2.75) is 6.18 Å². The summed E-state index contributed by atoms with van der Waals surface area (Å²) in [5, 5.41) is 0. The Kier molecular flexibility index (Phi) is 3.59. The number of nitrogens with zero attached hydrogens (tertiary/aromatic N) is 3. The standard InChI is InChI=1S/C14H8BrF3N4O/c15-8-3-1-2-7(4-8)11-13-20-5-10(14(16,17)18)22(13)6-9(21-11)12(19)23/h1-6H,(H2,19,23). The van der Waals surface area contributed by atoms with Crippen molar-refractivity contribution in [1.29, 1.82) is 0 Å². The Morgan fingerprint density at radius 2 is 2.04 bits per heavy atom. The quantitative estimate of drug-likeness (QED) is 0.736. The molecule has 0 saturated carbocycles. The first-order chi connectivity index (χ1) is 10.8. The molecule has 0 unspecified atom stereocenters. The normalized spacial score (nSPS) is 11.8. The highest BCUT2D eigenvalue weighted by atomic mass is 79.9. The average Bonchev–Trinajstić information content (AvgIpc) is 2.89. The third kappa shape index (κ3) is 2.79. The van der Waals surface area contributed by atoms with Gasteiger partial charge in [-0.25, -0.2) is 9.97 Å². The molecule has 5 nitrogen and oxygen atoms in total. The van der Waals surface area contributed by atoms with Crippen LogP contribution in [-0.2, 0) is 6.18 Å². The van der Waals surface area contributed by atoms with Crippen LogP contribution < -0.4 is 5.73 Å². The number of carbonyl (C=O) groups is 1. The van der Waals surface area contributed by atoms with Gasteiger partial charge < -0.3 is 5.73 Å². The summed E-state index contributed by atoms with van der Waals surface area (Å²) in [5.41, 5.74) is 4.53. The molecule has 3 rings (SSSR count). The molecule has 0 aliphatic rings. The molecule has 0 spiro atoms. The first-order valence-corrected chi connectivity index (χ1v) is 7.07. The number of fused-ring (bicyclic) bond motifs is 1. The maximum Gasteiger partial charge on any atom is 0.433 e. The number of hydrogen-bond donors (Lipinski definition) is 1. The molecule has 0 bridgehead atoms. The molecule has 0 atom stereocenters. The minimum absolute atomic E-state index is 0.0135. The molecule has 2 heterocycles. The van der Waals surface area contributed by atoms with E-state index in [0.717, 1.165) is 10.6 Å². The fourth-order valence-corrected chi connectivity index (χ4v) is 2.55. The summed E-state index contributed by atoms with van der Waals surface area (Å²) < 4.78 is 40.7. The van der Waals surface area contributed by atoms with Gasteiger partial charge in [0, 0.05) is 16.2 Å². The SMILES string of the molecule is NC(=O)c1cn2c(C(F)(F)F)cnc2c(-c2cccc(Br)c2)n1. The van der Waals surface area contributed by atoms with E-state index in [1.807, 2.05) is 0 Å². The number of nitrogens with two attached hydrogens (primary N) is 1. The summed E-state index contributed by atoms with van der Waals surface area (Å²) in [6.45, 7) is 0. The number of primary amides is 1. The molecule has 9 heteroatoms. The summed E-state index contributed by atoms with van der Waals surface area (Å²) >= 11 is 3.28. The van der Waals surface area contributed by atoms with Gasteiger partial charge in [0.1, 0.15) is 17.1 Å². The van der Waals surface area contributed by atoms with Gasteiger partial charge in [0.25, 0.3) is 5.91 Å². The fraction of sp³-hybridized carbons (Fsp3) is 0.0714. The van der Waals surface area contributed by atoms with Gasteiger partial charge in [-0.3, -0.25) is 9.20 Å². The highest BCUT2D eigenvalue weighted by Gasteiger charge is 2.35. The van der Waals surface area contributed by atoms with Gasteiger partial charge in [-0.05, 0) is 12.1 Å². The molecule has 1 aromatic carbocycles. The number of carbonyl (C=O) groups excluding carboxylic acids is 1. The first kappa shape index (κ1) is 15.5. The summed E-state index contributed by atoms with van der Waals surface area (Å²) in [6.07, 6.45) is -2.98. The third-order valence-corrected chi connectivity index (χ3v) is 3.63. The van der Waals surface area contributed by atoms with E-state index in [9.17, 15) is 18.0 Å². The molecule has 0 aliphatic carbocycles. The average molecular weight is 385 g/mol. The summed E-state index contributed by atoms with van der Waals surface area (Å²) in [4.78, 5) is 19.3. The Morgan fingerprint density at radius 3 is 2.65 bits per heavy atom. The van der Waals surface area contributed by atoms with E-state index in [1.165, 1.54) is 0 Å². The van der Waals surface area contributed by atoms with Crippen molar-refractivity contribution in [1.82, 2.24) is 14.4 Å². The lowest BCUT2D eigenvalue weighted by molar-refractivity contribution is -0.141. The van der Waals surface area contributed by atoms with Crippen LogP contribution in [0.3, 0.4) is 0 Å². The zero-order chi connectivity index (χ0) is 16.8. The number of benzene rings is 1. The third-order valence-electron chi connectivity index (χ3n) is 3.13. The molecule has 0 saturated heterocycles. The maximum absolute atomic E-state index is 13.1. The number of imidazole rings is 1. The van der Waals surface area contributed by atoms with Gasteiger partial charge in [0.05, 0.1) is 6.20 Å². The monoisotopic (exact) mass is 384 g/mol. The van der Waals surface area contributed by atoms with Crippen LogP contribution in [0.1, 0.15) is 16.2 Å². The zero-order valence-corrected chi connectivity index (χ0v) is 12.9. The molecule has 1 amide bonds. The minimum Gasteiger partial charge on any atom is -0.364 e. The number of halogens is 4. The topological polar surface area (TPSA) is 73.3 Å². The van der Waals surface area contributed by atoms with Crippen LogP contribution >= 0.6 is 15.9 Å². The van der Waals surface area contributed by atoms with Crippen LogP contribution in [0.4, 0.5) is 13.2 Å². The van der Waals surface area contributed by atoms with Gasteiger partial charge in [-0.1, -0.05) is 28.1 Å². The number of hydrogen-bond acceptors (Lipinski definition) is 3. The van der Waals surface area contributed by atoms with Gasteiger partial charge in [-0.15, -0.1) is 0 Å². The number of rotatable bonds is 2. The molecule has 2 aromatic heterocycles. The van der Waals surface area contributed by atoms with Gasteiger partial charge in [0.2, 0.25) is 0 Å². The highest BCUT2D eigenvalue weighted by molar-refractivity contribution is 9.10. The van der Waals surface area contributed by atoms with Crippen molar-refractivity contribution in [2.75, 3.05) is 0 Å².